The first-order valence-electron chi connectivity index (χ1n) is 7.04. The zero-order valence-electron chi connectivity index (χ0n) is 12.3. The Kier molecular flexibility index (Phi) is 6.21. The average molecular weight is 326 g/mol. The minimum atomic E-state index is -0.550. The molecule has 0 radical (unpaired) electrons. The number of nitrogens with one attached hydrogen (secondary N) is 2. The second-order valence-electron chi connectivity index (χ2n) is 4.96. The molecule has 1 aliphatic rings. The van der Waals surface area contributed by atoms with Crippen molar-refractivity contribution in [1.82, 2.24) is 10.6 Å². The highest BCUT2D eigenvalue weighted by molar-refractivity contribution is 8.00. The largest absolute Gasteiger partial charge is 0.383 e. The molecule has 1 aromatic carbocycles. The maximum absolute atomic E-state index is 13.6. The second-order valence-corrected chi connectivity index (χ2v) is 6.20. The van der Waals surface area contributed by atoms with Gasteiger partial charge in [0.05, 0.1) is 11.9 Å². The number of carbonyl (C=O) groups excluding carboxylic acids is 2. The van der Waals surface area contributed by atoms with E-state index in [4.69, 9.17) is 4.74 Å². The van der Waals surface area contributed by atoms with Crippen molar-refractivity contribution in [2.45, 2.75) is 17.7 Å². The van der Waals surface area contributed by atoms with Gasteiger partial charge in [0.1, 0.15) is 11.9 Å². The molecule has 1 fully saturated rings. The highest BCUT2D eigenvalue weighted by Crippen LogP contribution is 2.23. The highest BCUT2D eigenvalue weighted by atomic mass is 32.2. The predicted octanol–water partition coefficient (Wildman–Crippen LogP) is 0.731. The summed E-state index contributed by atoms with van der Waals surface area (Å²) < 4.78 is 18.5. The summed E-state index contributed by atoms with van der Waals surface area (Å²) in [6, 6.07) is 5.87. The molecule has 5 nitrogen and oxygen atoms in total. The molecule has 2 amide bonds. The van der Waals surface area contributed by atoms with E-state index in [9.17, 15) is 14.0 Å². The van der Waals surface area contributed by atoms with Crippen molar-refractivity contribution in [3.8, 4) is 0 Å². The van der Waals surface area contributed by atoms with E-state index in [-0.39, 0.29) is 22.9 Å². The molecule has 2 rings (SSSR count). The smallest absolute Gasteiger partial charge is 0.243 e. The van der Waals surface area contributed by atoms with E-state index in [2.05, 4.69) is 10.6 Å². The van der Waals surface area contributed by atoms with Gasteiger partial charge >= 0.3 is 0 Å². The van der Waals surface area contributed by atoms with E-state index < -0.39 is 6.04 Å². The second kappa shape index (κ2) is 8.14. The molecule has 0 saturated carbocycles. The molecule has 2 N–H and O–H groups in total. The molecule has 1 saturated heterocycles. The Labute approximate surface area is 133 Å². The highest BCUT2D eigenvalue weighted by Gasteiger charge is 2.32. The molecule has 2 atom stereocenters. The van der Waals surface area contributed by atoms with Crippen LogP contribution in [0.1, 0.15) is 5.56 Å². The summed E-state index contributed by atoms with van der Waals surface area (Å²) >= 11 is 1.38. The van der Waals surface area contributed by atoms with Crippen LogP contribution in [0.5, 0.6) is 0 Å². The van der Waals surface area contributed by atoms with Gasteiger partial charge in [0.15, 0.2) is 0 Å². The standard InChI is InChI=1S/C15H19FN2O3S/c1-21-7-6-17-14(19)12-9-22-13(15(20)18-12)8-10-4-2-3-5-11(10)16/h2-5,12-13H,6-9H2,1H3,(H,17,19)(H,18,20)/t12-,13+/m0/s1. The molecule has 0 aliphatic carbocycles. The van der Waals surface area contributed by atoms with E-state index in [1.54, 1.807) is 25.3 Å². The number of thioether (sulfide) groups is 1. The van der Waals surface area contributed by atoms with Gasteiger partial charge in [-0.2, -0.15) is 0 Å². The zero-order valence-corrected chi connectivity index (χ0v) is 13.1. The van der Waals surface area contributed by atoms with Gasteiger partial charge in [0, 0.05) is 19.4 Å². The number of benzene rings is 1. The van der Waals surface area contributed by atoms with Crippen LogP contribution in [-0.4, -0.2) is 49.1 Å². The van der Waals surface area contributed by atoms with Gasteiger partial charge in [0.2, 0.25) is 11.8 Å². The summed E-state index contributed by atoms with van der Waals surface area (Å²) in [7, 11) is 1.55. The SMILES string of the molecule is COCCNC(=O)[C@@H]1CS[C@H](Cc2ccccc2F)C(=O)N1. The van der Waals surface area contributed by atoms with Gasteiger partial charge in [0.25, 0.3) is 0 Å². The van der Waals surface area contributed by atoms with Crippen molar-refractivity contribution in [2.75, 3.05) is 26.0 Å². The van der Waals surface area contributed by atoms with Crippen molar-refractivity contribution >= 4 is 23.6 Å². The topological polar surface area (TPSA) is 67.4 Å². The molecule has 1 aliphatic heterocycles. The van der Waals surface area contributed by atoms with E-state index >= 15 is 0 Å². The Hall–Kier alpha value is -1.60. The zero-order chi connectivity index (χ0) is 15.9. The molecule has 120 valence electrons. The number of carbonyl (C=O) groups is 2. The van der Waals surface area contributed by atoms with Crippen molar-refractivity contribution in [3.05, 3.63) is 35.6 Å². The van der Waals surface area contributed by atoms with Gasteiger partial charge in [-0.05, 0) is 18.1 Å². The van der Waals surface area contributed by atoms with Gasteiger partial charge in [-0.15, -0.1) is 11.8 Å². The normalized spacial score (nSPS) is 21.3. The van der Waals surface area contributed by atoms with Crippen LogP contribution in [0.25, 0.3) is 0 Å². The summed E-state index contributed by atoms with van der Waals surface area (Å²) in [5, 5.41) is 5.02. The van der Waals surface area contributed by atoms with Crippen LogP contribution in [0, 0.1) is 5.82 Å². The summed E-state index contributed by atoms with van der Waals surface area (Å²) in [6.45, 7) is 0.834. The fourth-order valence-corrected chi connectivity index (χ4v) is 3.33. The molecule has 1 aromatic rings. The maximum Gasteiger partial charge on any atom is 0.243 e. The number of amides is 2. The minimum Gasteiger partial charge on any atom is -0.383 e. The minimum absolute atomic E-state index is 0.220. The Bertz CT molecular complexity index is 541. The molecule has 0 bridgehead atoms. The molecule has 22 heavy (non-hydrogen) atoms. The van der Waals surface area contributed by atoms with E-state index in [1.807, 2.05) is 0 Å². The van der Waals surface area contributed by atoms with Crippen LogP contribution < -0.4 is 10.6 Å². The van der Waals surface area contributed by atoms with Crippen LogP contribution in [0.15, 0.2) is 24.3 Å². The third kappa shape index (κ3) is 4.45. The van der Waals surface area contributed by atoms with Gasteiger partial charge in [-0.3, -0.25) is 9.59 Å². The number of methoxy groups -OCH3 is 1. The molecule has 0 unspecified atom stereocenters. The van der Waals surface area contributed by atoms with Crippen molar-refractivity contribution in [2.24, 2.45) is 0 Å². The summed E-state index contributed by atoms with van der Waals surface area (Å²) in [6.07, 6.45) is 0.321. The Balaban J connectivity index is 1.86. The number of hydrogen-bond acceptors (Lipinski definition) is 4. The molecule has 0 spiro atoms. The average Bonchev–Trinajstić information content (AvgIpc) is 2.51. The van der Waals surface area contributed by atoms with E-state index in [0.717, 1.165) is 0 Å². The molecule has 7 heteroatoms. The molecule has 0 aromatic heterocycles. The summed E-state index contributed by atoms with van der Waals surface area (Å²) in [4.78, 5) is 24.0. The fourth-order valence-electron chi connectivity index (χ4n) is 2.15. The molecular formula is C15H19FN2O3S. The van der Waals surface area contributed by atoms with Crippen LogP contribution in [-0.2, 0) is 20.7 Å². The lowest BCUT2D eigenvalue weighted by Gasteiger charge is -2.28. The lowest BCUT2D eigenvalue weighted by Crippen LogP contribution is -2.54. The van der Waals surface area contributed by atoms with E-state index in [1.165, 1.54) is 17.8 Å². The summed E-state index contributed by atoms with van der Waals surface area (Å²) in [5.74, 6) is -0.284. The van der Waals surface area contributed by atoms with Gasteiger partial charge in [-0.1, -0.05) is 18.2 Å². The summed E-state index contributed by atoms with van der Waals surface area (Å²) in [5.41, 5.74) is 0.512. The van der Waals surface area contributed by atoms with Gasteiger partial charge in [-0.25, -0.2) is 4.39 Å². The molecule has 1 heterocycles. The van der Waals surface area contributed by atoms with Crippen LogP contribution in [0.2, 0.25) is 0 Å². The maximum atomic E-state index is 13.6. The first kappa shape index (κ1) is 16.8. The monoisotopic (exact) mass is 326 g/mol. The number of halogens is 1. The van der Waals surface area contributed by atoms with Crippen molar-refractivity contribution < 1.29 is 18.7 Å². The van der Waals surface area contributed by atoms with Crippen LogP contribution in [0.3, 0.4) is 0 Å². The number of rotatable bonds is 6. The van der Waals surface area contributed by atoms with Crippen LogP contribution >= 0.6 is 11.8 Å². The quantitative estimate of drug-likeness (QED) is 0.757. The number of ether oxygens (including phenoxy) is 1. The molecular weight excluding hydrogens is 307 g/mol. The van der Waals surface area contributed by atoms with Gasteiger partial charge < -0.3 is 15.4 Å². The third-order valence-corrected chi connectivity index (χ3v) is 4.67. The number of hydrogen-bond donors (Lipinski definition) is 2. The lowest BCUT2D eigenvalue weighted by atomic mass is 10.1. The Morgan fingerprint density at radius 1 is 1.50 bits per heavy atom. The lowest BCUT2D eigenvalue weighted by molar-refractivity contribution is -0.128. The Morgan fingerprint density at radius 3 is 2.95 bits per heavy atom. The van der Waals surface area contributed by atoms with Crippen molar-refractivity contribution in [3.63, 3.8) is 0 Å². The fraction of sp³-hybridized carbons (Fsp3) is 0.467. The van der Waals surface area contributed by atoms with Crippen LogP contribution in [0.4, 0.5) is 4.39 Å². The predicted molar refractivity (Wildman–Crippen MR) is 83.2 cm³/mol. The third-order valence-electron chi connectivity index (χ3n) is 3.36. The van der Waals surface area contributed by atoms with E-state index in [0.29, 0.717) is 30.9 Å². The first-order chi connectivity index (χ1) is 10.6. The van der Waals surface area contributed by atoms with Crippen molar-refractivity contribution in [1.29, 1.82) is 0 Å². The Morgan fingerprint density at radius 2 is 2.27 bits per heavy atom. The first-order valence-corrected chi connectivity index (χ1v) is 8.08.